The highest BCUT2D eigenvalue weighted by Crippen LogP contribution is 2.37. The molecule has 0 aliphatic carbocycles. The Bertz CT molecular complexity index is 811. The molecule has 0 unspecified atom stereocenters. The topological polar surface area (TPSA) is 55.4 Å². The molecule has 0 fully saturated rings. The Kier molecular flexibility index (Phi) is 5.20. The van der Waals surface area contributed by atoms with Gasteiger partial charge in [-0.05, 0) is 47.1 Å². The number of halogens is 4. The van der Waals surface area contributed by atoms with Crippen molar-refractivity contribution in [3.8, 4) is 5.75 Å². The molecule has 0 radical (unpaired) electrons. The molecule has 124 valence electrons. The number of anilines is 1. The van der Waals surface area contributed by atoms with E-state index in [-0.39, 0.29) is 10.6 Å². The van der Waals surface area contributed by atoms with Gasteiger partial charge in [0.25, 0.3) is 10.0 Å². The first-order valence-electron chi connectivity index (χ1n) is 6.23. The molecular formula is C14H11BrF3NO3S. The van der Waals surface area contributed by atoms with Crippen molar-refractivity contribution >= 4 is 31.6 Å². The van der Waals surface area contributed by atoms with Crippen molar-refractivity contribution in [1.29, 1.82) is 0 Å². The van der Waals surface area contributed by atoms with Gasteiger partial charge in [-0.15, -0.1) is 0 Å². The van der Waals surface area contributed by atoms with Crippen molar-refractivity contribution in [2.75, 3.05) is 4.72 Å². The van der Waals surface area contributed by atoms with Crippen LogP contribution in [0, 0.1) is 12.7 Å². The maximum absolute atomic E-state index is 13.5. The van der Waals surface area contributed by atoms with E-state index in [4.69, 9.17) is 0 Å². The van der Waals surface area contributed by atoms with E-state index in [0.717, 1.165) is 17.7 Å². The van der Waals surface area contributed by atoms with Crippen LogP contribution in [0.5, 0.6) is 5.75 Å². The summed E-state index contributed by atoms with van der Waals surface area (Å²) in [7, 11) is -4.04. The molecule has 9 heteroatoms. The number of ether oxygens (including phenoxy) is 1. The first-order valence-corrected chi connectivity index (χ1v) is 8.50. The summed E-state index contributed by atoms with van der Waals surface area (Å²) >= 11 is 2.76. The summed E-state index contributed by atoms with van der Waals surface area (Å²) in [5.41, 5.74) is 0.550. The van der Waals surface area contributed by atoms with Gasteiger partial charge in [-0.3, -0.25) is 4.72 Å². The first-order chi connectivity index (χ1) is 10.7. The number of alkyl halides is 2. The van der Waals surface area contributed by atoms with Crippen LogP contribution in [0.3, 0.4) is 0 Å². The van der Waals surface area contributed by atoms with Crippen LogP contribution in [-0.4, -0.2) is 15.0 Å². The van der Waals surface area contributed by atoms with Crippen molar-refractivity contribution < 1.29 is 26.3 Å². The first kappa shape index (κ1) is 17.6. The second-order valence-corrected chi connectivity index (χ2v) is 7.01. The molecule has 0 bridgehead atoms. The third-order valence-electron chi connectivity index (χ3n) is 2.83. The van der Waals surface area contributed by atoms with Crippen LogP contribution in [-0.2, 0) is 10.0 Å². The highest BCUT2D eigenvalue weighted by Gasteiger charge is 2.21. The lowest BCUT2D eigenvalue weighted by Gasteiger charge is -2.15. The molecule has 0 amide bonds. The van der Waals surface area contributed by atoms with Crippen LogP contribution >= 0.6 is 15.9 Å². The van der Waals surface area contributed by atoms with Gasteiger partial charge in [-0.2, -0.15) is 8.78 Å². The van der Waals surface area contributed by atoms with E-state index >= 15 is 0 Å². The highest BCUT2D eigenvalue weighted by atomic mass is 79.9. The van der Waals surface area contributed by atoms with E-state index in [0.29, 0.717) is 0 Å². The molecule has 1 N–H and O–H groups in total. The second kappa shape index (κ2) is 6.79. The number of sulfonamides is 1. The molecule has 0 aromatic heterocycles. The number of hydrogen-bond donors (Lipinski definition) is 1. The Labute approximate surface area is 139 Å². The van der Waals surface area contributed by atoms with Crippen molar-refractivity contribution in [2.45, 2.75) is 18.4 Å². The van der Waals surface area contributed by atoms with Crippen molar-refractivity contribution in [1.82, 2.24) is 0 Å². The van der Waals surface area contributed by atoms with Gasteiger partial charge in [-0.25, -0.2) is 12.8 Å². The lowest BCUT2D eigenvalue weighted by atomic mass is 10.2. The molecule has 0 aliphatic heterocycles. The summed E-state index contributed by atoms with van der Waals surface area (Å²) in [5.74, 6) is -1.49. The van der Waals surface area contributed by atoms with Crippen LogP contribution in [0.15, 0.2) is 45.8 Å². The highest BCUT2D eigenvalue weighted by molar-refractivity contribution is 9.10. The summed E-state index contributed by atoms with van der Waals surface area (Å²) in [6.45, 7) is -1.45. The zero-order chi connectivity index (χ0) is 17.2. The quantitative estimate of drug-likeness (QED) is 0.800. The zero-order valence-electron chi connectivity index (χ0n) is 11.7. The monoisotopic (exact) mass is 409 g/mol. The molecule has 0 aliphatic rings. The van der Waals surface area contributed by atoms with Gasteiger partial charge in [0.15, 0.2) is 5.75 Å². The fourth-order valence-corrected chi connectivity index (χ4v) is 3.24. The van der Waals surface area contributed by atoms with Gasteiger partial charge >= 0.3 is 6.61 Å². The number of hydrogen-bond acceptors (Lipinski definition) is 3. The van der Waals surface area contributed by atoms with E-state index in [1.54, 1.807) is 19.1 Å². The fraction of sp³-hybridized carbons (Fsp3) is 0.143. The Hall–Kier alpha value is -1.74. The van der Waals surface area contributed by atoms with Gasteiger partial charge in [0.05, 0.1) is 15.1 Å². The van der Waals surface area contributed by atoms with Crippen LogP contribution in [0.25, 0.3) is 0 Å². The van der Waals surface area contributed by atoms with Gasteiger partial charge in [0, 0.05) is 0 Å². The molecule has 4 nitrogen and oxygen atoms in total. The maximum atomic E-state index is 13.5. The average Bonchev–Trinajstić information content (AvgIpc) is 2.47. The molecule has 2 aromatic rings. The molecule has 0 heterocycles. The summed E-state index contributed by atoms with van der Waals surface area (Å²) in [5, 5.41) is 0. The van der Waals surface area contributed by atoms with Gasteiger partial charge in [-0.1, -0.05) is 17.7 Å². The van der Waals surface area contributed by atoms with Crippen molar-refractivity contribution in [3.63, 3.8) is 0 Å². The summed E-state index contributed by atoms with van der Waals surface area (Å²) in [6, 6.07) is 7.84. The maximum Gasteiger partial charge on any atom is 0.387 e. The third-order valence-corrected chi connectivity index (χ3v) is 4.95. The zero-order valence-corrected chi connectivity index (χ0v) is 14.1. The Morgan fingerprint density at radius 2 is 1.74 bits per heavy atom. The van der Waals surface area contributed by atoms with E-state index in [9.17, 15) is 21.6 Å². The summed E-state index contributed by atoms with van der Waals surface area (Å²) in [6.07, 6.45) is 0. The second-order valence-electron chi connectivity index (χ2n) is 4.54. The summed E-state index contributed by atoms with van der Waals surface area (Å²) < 4.78 is 68.9. The van der Waals surface area contributed by atoms with Crippen LogP contribution in [0.2, 0.25) is 0 Å². The molecule has 2 rings (SSSR count). The molecule has 0 saturated carbocycles. The van der Waals surface area contributed by atoms with Gasteiger partial charge in [0.1, 0.15) is 5.82 Å². The third kappa shape index (κ3) is 4.17. The Balaban J connectivity index is 2.43. The minimum Gasteiger partial charge on any atom is -0.431 e. The molecule has 2 aromatic carbocycles. The van der Waals surface area contributed by atoms with E-state index < -0.39 is 32.7 Å². The van der Waals surface area contributed by atoms with E-state index in [2.05, 4.69) is 25.4 Å². The minimum absolute atomic E-state index is 0.0634. The predicted molar refractivity (Wildman–Crippen MR) is 82.7 cm³/mol. The average molecular weight is 410 g/mol. The molecule has 0 spiro atoms. The summed E-state index contributed by atoms with van der Waals surface area (Å²) in [4.78, 5) is -0.0634. The predicted octanol–water partition coefficient (Wildman–Crippen LogP) is 4.30. The molecular weight excluding hydrogens is 399 g/mol. The smallest absolute Gasteiger partial charge is 0.387 e. The minimum atomic E-state index is -4.04. The largest absolute Gasteiger partial charge is 0.431 e. The van der Waals surface area contributed by atoms with Crippen molar-refractivity contribution in [2.24, 2.45) is 0 Å². The fourth-order valence-electron chi connectivity index (χ4n) is 1.74. The van der Waals surface area contributed by atoms with Crippen LogP contribution in [0.1, 0.15) is 5.56 Å². The van der Waals surface area contributed by atoms with Crippen LogP contribution in [0.4, 0.5) is 18.9 Å². The standard InChI is InChI=1S/C14H11BrF3NO3S/c1-8-2-4-9(5-3-8)23(20,21)19-11-7-6-10(16)12(15)13(11)22-14(17)18/h2-7,14,19H,1H3. The lowest BCUT2D eigenvalue weighted by Crippen LogP contribution is -2.15. The van der Waals surface area contributed by atoms with Crippen LogP contribution < -0.4 is 9.46 Å². The van der Waals surface area contributed by atoms with Gasteiger partial charge < -0.3 is 4.74 Å². The Morgan fingerprint density at radius 3 is 2.30 bits per heavy atom. The van der Waals surface area contributed by atoms with E-state index in [1.165, 1.54) is 12.1 Å². The lowest BCUT2D eigenvalue weighted by molar-refractivity contribution is -0.0500. The number of benzene rings is 2. The van der Waals surface area contributed by atoms with E-state index in [1.807, 2.05) is 0 Å². The molecule has 0 atom stereocenters. The normalized spacial score (nSPS) is 11.6. The van der Waals surface area contributed by atoms with Gasteiger partial charge in [0.2, 0.25) is 0 Å². The molecule has 23 heavy (non-hydrogen) atoms. The number of nitrogens with one attached hydrogen (secondary N) is 1. The molecule has 0 saturated heterocycles. The SMILES string of the molecule is Cc1ccc(S(=O)(=O)Nc2ccc(F)c(Br)c2OC(F)F)cc1. The number of aryl methyl sites for hydroxylation is 1. The van der Waals surface area contributed by atoms with Crippen molar-refractivity contribution in [3.05, 3.63) is 52.3 Å². The Morgan fingerprint density at radius 1 is 1.13 bits per heavy atom. The number of rotatable bonds is 5.